The Hall–Kier alpha value is -2.22. The number of hydrogen-bond acceptors (Lipinski definition) is 6. The van der Waals surface area contributed by atoms with Gasteiger partial charge in [-0.3, -0.25) is 5.10 Å². The topological polar surface area (TPSA) is 104 Å². The van der Waals surface area contributed by atoms with Crippen LogP contribution in [0.15, 0.2) is 30.5 Å². The van der Waals surface area contributed by atoms with Crippen molar-refractivity contribution in [3.05, 3.63) is 35.5 Å². The Morgan fingerprint density at radius 2 is 2.12 bits per heavy atom. The Morgan fingerprint density at radius 1 is 1.27 bits per heavy atom. The molecule has 1 aliphatic rings. The molecule has 1 unspecified atom stereocenters. The second kappa shape index (κ2) is 6.83. The molecule has 1 atom stereocenters. The van der Waals surface area contributed by atoms with Crippen LogP contribution in [-0.2, 0) is 0 Å². The Balaban J connectivity index is 1.64. The predicted molar refractivity (Wildman–Crippen MR) is 102 cm³/mol. The van der Waals surface area contributed by atoms with E-state index in [4.69, 9.17) is 17.3 Å². The quantitative estimate of drug-likeness (QED) is 0.652. The number of aromatic nitrogens is 4. The van der Waals surface area contributed by atoms with Crippen LogP contribution in [0.3, 0.4) is 0 Å². The Labute approximate surface area is 156 Å². The lowest BCUT2D eigenvalue weighted by molar-refractivity contribution is 0.0375. The monoisotopic (exact) mass is 372 g/mol. The molecule has 7 nitrogen and oxygen atoms in total. The fourth-order valence-electron chi connectivity index (χ4n) is 3.40. The number of fused-ring (bicyclic) bond motifs is 1. The maximum Gasteiger partial charge on any atom is 0.177 e. The van der Waals surface area contributed by atoms with E-state index in [2.05, 4.69) is 25.1 Å². The predicted octanol–water partition coefficient (Wildman–Crippen LogP) is 2.35. The summed E-state index contributed by atoms with van der Waals surface area (Å²) in [5, 5.41) is 18.4. The van der Waals surface area contributed by atoms with Crippen LogP contribution in [0.1, 0.15) is 19.3 Å². The molecule has 1 fully saturated rings. The molecule has 0 saturated carbocycles. The van der Waals surface area contributed by atoms with E-state index < -0.39 is 5.60 Å². The number of anilines is 1. The van der Waals surface area contributed by atoms with Crippen molar-refractivity contribution in [3.63, 3.8) is 0 Å². The molecule has 0 spiro atoms. The molecule has 0 radical (unpaired) electrons. The van der Waals surface area contributed by atoms with Gasteiger partial charge in [0, 0.05) is 25.2 Å². The lowest BCUT2D eigenvalue weighted by Gasteiger charge is -2.25. The summed E-state index contributed by atoms with van der Waals surface area (Å²) in [6, 6.07) is 7.54. The molecule has 1 aliphatic heterocycles. The first-order chi connectivity index (χ1) is 12.6. The third kappa shape index (κ3) is 3.13. The average Bonchev–Trinajstić information content (AvgIpc) is 2.97. The van der Waals surface area contributed by atoms with E-state index in [1.54, 1.807) is 6.20 Å². The molecule has 0 aliphatic carbocycles. The molecule has 136 valence electrons. The first kappa shape index (κ1) is 17.2. The highest BCUT2D eigenvalue weighted by atomic mass is 35.5. The number of nitrogens with two attached hydrogens (primary N) is 1. The third-order valence-electron chi connectivity index (χ3n) is 5.01. The van der Waals surface area contributed by atoms with Crippen molar-refractivity contribution in [3.8, 4) is 11.3 Å². The summed E-state index contributed by atoms with van der Waals surface area (Å²) in [4.78, 5) is 11.4. The van der Waals surface area contributed by atoms with Gasteiger partial charge in [-0.05, 0) is 25.3 Å². The number of aliphatic hydroxyl groups is 1. The fraction of sp³-hybridized carbons (Fsp3) is 0.389. The van der Waals surface area contributed by atoms with Gasteiger partial charge in [-0.15, -0.1) is 0 Å². The summed E-state index contributed by atoms with van der Waals surface area (Å²) >= 11 is 6.28. The lowest BCUT2D eigenvalue weighted by Crippen LogP contribution is -2.38. The van der Waals surface area contributed by atoms with Gasteiger partial charge in [0.25, 0.3) is 0 Å². The minimum absolute atomic E-state index is 0.285. The van der Waals surface area contributed by atoms with Crippen LogP contribution in [0.25, 0.3) is 22.4 Å². The zero-order chi connectivity index (χ0) is 18.1. The smallest absolute Gasteiger partial charge is 0.177 e. The summed E-state index contributed by atoms with van der Waals surface area (Å²) in [6.45, 7) is 1.79. The second-order valence-corrected chi connectivity index (χ2v) is 7.15. The standard InChI is InChI=1S/C18H21ClN6O/c19-13-5-2-1-4-12(13)15-16-17(24-23-15)22-14(10-21-16)25-8-3-6-18(26,11-20)7-9-25/h1-2,4-5,10,26H,3,6-9,11,20H2,(H,22,23,24). The van der Waals surface area contributed by atoms with Crippen molar-refractivity contribution < 1.29 is 5.11 Å². The normalized spacial score (nSPS) is 21.1. The summed E-state index contributed by atoms with van der Waals surface area (Å²) < 4.78 is 0. The molecule has 0 amide bonds. The van der Waals surface area contributed by atoms with Crippen LogP contribution in [0.5, 0.6) is 0 Å². The fourth-order valence-corrected chi connectivity index (χ4v) is 3.62. The van der Waals surface area contributed by atoms with E-state index >= 15 is 0 Å². The SMILES string of the molecule is NCC1(O)CCCN(c2cnc3c(-c4ccccc4Cl)n[nH]c3n2)CC1. The minimum Gasteiger partial charge on any atom is -0.389 e. The number of halogens is 1. The highest BCUT2D eigenvalue weighted by Crippen LogP contribution is 2.31. The van der Waals surface area contributed by atoms with E-state index in [0.29, 0.717) is 41.3 Å². The lowest BCUT2D eigenvalue weighted by atomic mass is 9.95. The maximum atomic E-state index is 10.4. The van der Waals surface area contributed by atoms with Crippen LogP contribution in [0, 0.1) is 0 Å². The van der Waals surface area contributed by atoms with Gasteiger partial charge in [0.2, 0.25) is 0 Å². The molecule has 26 heavy (non-hydrogen) atoms. The Kier molecular flexibility index (Phi) is 4.52. The Morgan fingerprint density at radius 3 is 2.92 bits per heavy atom. The molecular formula is C18H21ClN6O. The van der Waals surface area contributed by atoms with Crippen molar-refractivity contribution in [2.75, 3.05) is 24.5 Å². The molecular weight excluding hydrogens is 352 g/mol. The van der Waals surface area contributed by atoms with E-state index in [1.165, 1.54) is 0 Å². The van der Waals surface area contributed by atoms with Gasteiger partial charge in [0.1, 0.15) is 17.0 Å². The number of hydrogen-bond donors (Lipinski definition) is 3. The highest BCUT2D eigenvalue weighted by Gasteiger charge is 2.29. The molecule has 4 N–H and O–H groups in total. The van der Waals surface area contributed by atoms with Crippen LogP contribution in [-0.4, -0.2) is 50.5 Å². The number of rotatable bonds is 3. The van der Waals surface area contributed by atoms with Gasteiger partial charge in [-0.25, -0.2) is 9.97 Å². The molecule has 2 aromatic heterocycles. The summed E-state index contributed by atoms with van der Waals surface area (Å²) in [5.74, 6) is 0.771. The van der Waals surface area contributed by atoms with Gasteiger partial charge in [-0.1, -0.05) is 29.8 Å². The van der Waals surface area contributed by atoms with E-state index in [1.807, 2.05) is 24.3 Å². The van der Waals surface area contributed by atoms with Gasteiger partial charge in [0.15, 0.2) is 5.65 Å². The van der Waals surface area contributed by atoms with E-state index in [0.717, 1.165) is 24.3 Å². The highest BCUT2D eigenvalue weighted by molar-refractivity contribution is 6.33. The maximum absolute atomic E-state index is 10.4. The zero-order valence-corrected chi connectivity index (χ0v) is 15.1. The van der Waals surface area contributed by atoms with Gasteiger partial charge >= 0.3 is 0 Å². The van der Waals surface area contributed by atoms with Crippen molar-refractivity contribution in [2.45, 2.75) is 24.9 Å². The molecule has 4 rings (SSSR count). The summed E-state index contributed by atoms with van der Waals surface area (Å²) in [7, 11) is 0. The van der Waals surface area contributed by atoms with Crippen LogP contribution >= 0.6 is 11.6 Å². The van der Waals surface area contributed by atoms with Crippen molar-refractivity contribution in [1.82, 2.24) is 20.2 Å². The molecule has 3 heterocycles. The zero-order valence-electron chi connectivity index (χ0n) is 14.3. The number of benzene rings is 1. The molecule has 1 aromatic carbocycles. The minimum atomic E-state index is -0.780. The first-order valence-corrected chi connectivity index (χ1v) is 9.11. The average molecular weight is 373 g/mol. The van der Waals surface area contributed by atoms with Crippen LogP contribution < -0.4 is 10.6 Å². The van der Waals surface area contributed by atoms with E-state index in [9.17, 15) is 5.11 Å². The second-order valence-electron chi connectivity index (χ2n) is 6.75. The number of nitrogens with one attached hydrogen (secondary N) is 1. The van der Waals surface area contributed by atoms with Gasteiger partial charge in [-0.2, -0.15) is 5.10 Å². The van der Waals surface area contributed by atoms with Crippen molar-refractivity contribution in [1.29, 1.82) is 0 Å². The Bertz CT molecular complexity index is 929. The van der Waals surface area contributed by atoms with Crippen molar-refractivity contribution >= 4 is 28.6 Å². The van der Waals surface area contributed by atoms with Crippen LogP contribution in [0.4, 0.5) is 5.82 Å². The van der Waals surface area contributed by atoms with E-state index in [-0.39, 0.29) is 6.54 Å². The molecule has 3 aromatic rings. The number of aromatic amines is 1. The van der Waals surface area contributed by atoms with Gasteiger partial charge < -0.3 is 15.7 Å². The first-order valence-electron chi connectivity index (χ1n) is 8.73. The van der Waals surface area contributed by atoms with Gasteiger partial charge in [0.05, 0.1) is 16.8 Å². The van der Waals surface area contributed by atoms with Crippen LogP contribution in [0.2, 0.25) is 5.02 Å². The molecule has 8 heteroatoms. The summed E-state index contributed by atoms with van der Waals surface area (Å²) in [5.41, 5.74) is 7.76. The summed E-state index contributed by atoms with van der Waals surface area (Å²) in [6.07, 6.45) is 3.94. The van der Waals surface area contributed by atoms with Crippen molar-refractivity contribution in [2.24, 2.45) is 5.73 Å². The number of H-pyrrole nitrogens is 1. The largest absolute Gasteiger partial charge is 0.389 e. The molecule has 0 bridgehead atoms. The number of nitrogens with zero attached hydrogens (tertiary/aromatic N) is 4. The molecule has 1 saturated heterocycles. The third-order valence-corrected chi connectivity index (χ3v) is 5.34.